The maximum absolute atomic E-state index is 13.6. The van der Waals surface area contributed by atoms with E-state index in [9.17, 15) is 4.79 Å². The minimum Gasteiger partial charge on any atom is -0.464 e. The van der Waals surface area contributed by atoms with Crippen LogP contribution in [0.2, 0.25) is 0 Å². The second kappa shape index (κ2) is 12.4. The predicted octanol–water partition coefficient (Wildman–Crippen LogP) is 8.72. The minimum atomic E-state index is -0.00481. The van der Waals surface area contributed by atoms with Gasteiger partial charge in [-0.25, -0.2) is 0 Å². The zero-order chi connectivity index (χ0) is 24.6. The third-order valence-corrected chi connectivity index (χ3v) is 8.40. The average molecular weight is 471 g/mol. The van der Waals surface area contributed by atoms with Crippen molar-refractivity contribution in [3.63, 3.8) is 0 Å². The summed E-state index contributed by atoms with van der Waals surface area (Å²) in [7, 11) is 0. The number of rotatable bonds is 8. The topological polar surface area (TPSA) is 26.3 Å². The SMILES string of the molecule is C/C=C/CC(C)C1CCCCC(C(=O)OCC2c3ccccc3-c3ccccc32)C(C/C=C/C)C1. The van der Waals surface area contributed by atoms with Crippen LogP contribution in [0.3, 0.4) is 0 Å². The number of hydrogen-bond acceptors (Lipinski definition) is 2. The first-order chi connectivity index (χ1) is 17.1. The Morgan fingerprint density at radius 1 is 0.943 bits per heavy atom. The van der Waals surface area contributed by atoms with Crippen LogP contribution in [-0.2, 0) is 9.53 Å². The first kappa shape index (κ1) is 25.5. The first-order valence-electron chi connectivity index (χ1n) is 13.7. The lowest BCUT2D eigenvalue weighted by atomic mass is 9.72. The van der Waals surface area contributed by atoms with Gasteiger partial charge >= 0.3 is 5.97 Å². The van der Waals surface area contributed by atoms with E-state index in [2.05, 4.69) is 93.6 Å². The maximum atomic E-state index is 13.6. The molecule has 0 aromatic heterocycles. The van der Waals surface area contributed by atoms with Crippen LogP contribution in [0.15, 0.2) is 72.8 Å². The fourth-order valence-corrected chi connectivity index (χ4v) is 6.33. The molecule has 0 spiro atoms. The standard InChI is InChI=1S/C33H42O2/c1-4-6-14-24(3)25-16-8-9-17-27(26(22-25)15-7-5-2)33(34)35-23-32-30-20-12-10-18-28(30)29-19-11-13-21-31(29)32/h4-7,10-13,18-21,24-27,32H,8-9,14-17,22-23H2,1-3H3/b6-4+,7-5+. The van der Waals surface area contributed by atoms with Crippen molar-refractivity contribution in [2.24, 2.45) is 23.7 Å². The van der Waals surface area contributed by atoms with Crippen LogP contribution in [0.4, 0.5) is 0 Å². The van der Waals surface area contributed by atoms with Gasteiger partial charge in [0, 0.05) is 5.92 Å². The lowest BCUT2D eigenvalue weighted by Crippen LogP contribution is -2.31. The number of fused-ring (bicyclic) bond motifs is 3. The third-order valence-electron chi connectivity index (χ3n) is 8.40. The summed E-state index contributed by atoms with van der Waals surface area (Å²) >= 11 is 0. The van der Waals surface area contributed by atoms with E-state index in [4.69, 9.17) is 4.74 Å². The van der Waals surface area contributed by atoms with Crippen molar-refractivity contribution in [1.29, 1.82) is 0 Å². The summed E-state index contributed by atoms with van der Waals surface area (Å²) < 4.78 is 6.17. The molecule has 4 atom stereocenters. The fraction of sp³-hybridized carbons (Fsp3) is 0.485. The van der Waals surface area contributed by atoms with Crippen molar-refractivity contribution < 1.29 is 9.53 Å². The second-order valence-corrected chi connectivity index (χ2v) is 10.6. The summed E-state index contributed by atoms with van der Waals surface area (Å²) in [6, 6.07) is 17.1. The number of hydrogen-bond donors (Lipinski definition) is 0. The molecule has 2 heteroatoms. The quantitative estimate of drug-likeness (QED) is 0.285. The Kier molecular flexibility index (Phi) is 9.01. The first-order valence-corrected chi connectivity index (χ1v) is 13.7. The molecular weight excluding hydrogens is 428 g/mol. The molecule has 2 nitrogen and oxygen atoms in total. The van der Waals surface area contributed by atoms with Crippen LogP contribution in [0.25, 0.3) is 11.1 Å². The highest BCUT2D eigenvalue weighted by molar-refractivity contribution is 5.79. The minimum absolute atomic E-state index is 0.00481. The number of ether oxygens (including phenoxy) is 1. The molecule has 2 aliphatic rings. The molecule has 0 N–H and O–H groups in total. The van der Waals surface area contributed by atoms with E-state index < -0.39 is 0 Å². The van der Waals surface area contributed by atoms with Crippen LogP contribution in [0, 0.1) is 23.7 Å². The van der Waals surface area contributed by atoms with E-state index >= 15 is 0 Å². The Morgan fingerprint density at radius 2 is 1.57 bits per heavy atom. The van der Waals surface area contributed by atoms with Gasteiger partial charge < -0.3 is 4.74 Å². The molecule has 2 aliphatic carbocycles. The van der Waals surface area contributed by atoms with Crippen molar-refractivity contribution in [1.82, 2.24) is 0 Å². The van der Waals surface area contributed by atoms with E-state index in [1.54, 1.807) is 0 Å². The molecule has 186 valence electrons. The van der Waals surface area contributed by atoms with Gasteiger partial charge in [0.25, 0.3) is 0 Å². The van der Waals surface area contributed by atoms with Crippen molar-refractivity contribution in [3.8, 4) is 11.1 Å². The fourth-order valence-electron chi connectivity index (χ4n) is 6.33. The highest BCUT2D eigenvalue weighted by atomic mass is 16.5. The summed E-state index contributed by atoms with van der Waals surface area (Å²) in [6.07, 6.45) is 16.6. The monoisotopic (exact) mass is 470 g/mol. The van der Waals surface area contributed by atoms with Gasteiger partial charge in [0.15, 0.2) is 0 Å². The molecule has 4 unspecified atom stereocenters. The normalized spacial score (nSPS) is 23.6. The number of carbonyl (C=O) groups excluding carboxylic acids is 1. The van der Waals surface area contributed by atoms with Crippen molar-refractivity contribution >= 4 is 5.97 Å². The Morgan fingerprint density at radius 3 is 2.23 bits per heavy atom. The molecule has 0 bridgehead atoms. The number of benzene rings is 2. The van der Waals surface area contributed by atoms with Crippen molar-refractivity contribution in [2.45, 2.75) is 71.6 Å². The lowest BCUT2D eigenvalue weighted by Gasteiger charge is -2.34. The molecule has 0 amide bonds. The van der Waals surface area contributed by atoms with E-state index in [-0.39, 0.29) is 17.8 Å². The van der Waals surface area contributed by atoms with Crippen molar-refractivity contribution in [3.05, 3.63) is 84.0 Å². The van der Waals surface area contributed by atoms with Gasteiger partial charge in [0.2, 0.25) is 0 Å². The van der Waals surface area contributed by atoms with Crippen LogP contribution < -0.4 is 0 Å². The van der Waals surface area contributed by atoms with Gasteiger partial charge in [-0.05, 0) is 79.5 Å². The van der Waals surface area contributed by atoms with Crippen LogP contribution >= 0.6 is 0 Å². The molecule has 2 aromatic carbocycles. The number of esters is 1. The molecular formula is C33H42O2. The van der Waals surface area contributed by atoms with Gasteiger partial charge in [0.1, 0.15) is 6.61 Å². The molecule has 0 saturated heterocycles. The molecule has 1 fully saturated rings. The number of carbonyl (C=O) groups is 1. The molecule has 0 aliphatic heterocycles. The zero-order valence-electron chi connectivity index (χ0n) is 21.8. The average Bonchev–Trinajstić information content (AvgIpc) is 3.19. The van der Waals surface area contributed by atoms with Crippen LogP contribution in [-0.4, -0.2) is 12.6 Å². The third kappa shape index (κ3) is 5.97. The molecule has 1 saturated carbocycles. The van der Waals surface area contributed by atoms with E-state index in [1.165, 1.54) is 35.1 Å². The molecule has 0 radical (unpaired) electrons. The van der Waals surface area contributed by atoms with E-state index in [0.29, 0.717) is 24.4 Å². The van der Waals surface area contributed by atoms with Gasteiger partial charge in [-0.3, -0.25) is 4.79 Å². The largest absolute Gasteiger partial charge is 0.464 e. The van der Waals surface area contributed by atoms with Crippen molar-refractivity contribution in [2.75, 3.05) is 6.61 Å². The number of allylic oxidation sites excluding steroid dienone is 4. The molecule has 0 heterocycles. The maximum Gasteiger partial charge on any atom is 0.309 e. The predicted molar refractivity (Wildman–Crippen MR) is 146 cm³/mol. The second-order valence-electron chi connectivity index (χ2n) is 10.6. The van der Waals surface area contributed by atoms with Crippen LogP contribution in [0.1, 0.15) is 82.8 Å². The Labute approximate surface area is 212 Å². The van der Waals surface area contributed by atoms with Gasteiger partial charge in [0.05, 0.1) is 5.92 Å². The summed E-state index contributed by atoms with van der Waals surface area (Å²) in [5.41, 5.74) is 5.11. The summed E-state index contributed by atoms with van der Waals surface area (Å²) in [6.45, 7) is 7.01. The van der Waals surface area contributed by atoms with Gasteiger partial charge in [-0.15, -0.1) is 0 Å². The Bertz CT molecular complexity index is 987. The molecule has 2 aromatic rings. The lowest BCUT2D eigenvalue weighted by molar-refractivity contribution is -0.151. The Hall–Kier alpha value is -2.61. The zero-order valence-corrected chi connectivity index (χ0v) is 21.8. The highest BCUT2D eigenvalue weighted by Crippen LogP contribution is 2.45. The van der Waals surface area contributed by atoms with E-state index in [1.807, 2.05) is 0 Å². The summed E-state index contributed by atoms with van der Waals surface area (Å²) in [5.74, 6) is 1.83. The van der Waals surface area contributed by atoms with Gasteiger partial charge in [-0.1, -0.05) is 99.0 Å². The highest BCUT2D eigenvalue weighted by Gasteiger charge is 2.35. The van der Waals surface area contributed by atoms with E-state index in [0.717, 1.165) is 32.1 Å². The summed E-state index contributed by atoms with van der Waals surface area (Å²) in [5, 5.41) is 0. The summed E-state index contributed by atoms with van der Waals surface area (Å²) in [4.78, 5) is 13.6. The molecule has 4 rings (SSSR count). The van der Waals surface area contributed by atoms with Gasteiger partial charge in [-0.2, -0.15) is 0 Å². The Balaban J connectivity index is 1.49. The van der Waals surface area contributed by atoms with Crippen LogP contribution in [0.5, 0.6) is 0 Å². The molecule has 35 heavy (non-hydrogen) atoms. The smallest absolute Gasteiger partial charge is 0.309 e.